The van der Waals surface area contributed by atoms with E-state index < -0.39 is 5.97 Å². The number of hydrogen-bond donors (Lipinski definition) is 3. The molecule has 0 atom stereocenters. The Morgan fingerprint density at radius 2 is 1.96 bits per heavy atom. The van der Waals surface area contributed by atoms with Crippen LogP contribution in [0.1, 0.15) is 31.7 Å². The van der Waals surface area contributed by atoms with E-state index in [1.165, 1.54) is 11.8 Å². The zero-order chi connectivity index (χ0) is 17.1. The molecule has 0 unspecified atom stereocenters. The van der Waals surface area contributed by atoms with Gasteiger partial charge in [0.25, 0.3) is 0 Å². The van der Waals surface area contributed by atoms with Crippen LogP contribution in [0.2, 0.25) is 0 Å². The van der Waals surface area contributed by atoms with Gasteiger partial charge in [0.15, 0.2) is 0 Å². The molecule has 3 N–H and O–H groups in total. The van der Waals surface area contributed by atoms with Crippen molar-refractivity contribution in [1.82, 2.24) is 5.32 Å². The number of thioether (sulfide) groups is 1. The zero-order valence-electron chi connectivity index (χ0n) is 13.1. The SMILES string of the molecule is CCCC(=O)NCC(=O)Nc1cccc(CSCCC(=O)O)c1. The van der Waals surface area contributed by atoms with Crippen molar-refractivity contribution < 1.29 is 19.5 Å². The van der Waals surface area contributed by atoms with Crippen molar-refractivity contribution in [3.63, 3.8) is 0 Å². The second kappa shape index (κ2) is 10.7. The summed E-state index contributed by atoms with van der Waals surface area (Å²) in [4.78, 5) is 33.5. The lowest BCUT2D eigenvalue weighted by Gasteiger charge is -2.08. The Hall–Kier alpha value is -2.02. The van der Waals surface area contributed by atoms with Gasteiger partial charge in [0.05, 0.1) is 13.0 Å². The molecule has 1 rings (SSSR count). The highest BCUT2D eigenvalue weighted by atomic mass is 32.2. The lowest BCUT2D eigenvalue weighted by molar-refractivity contribution is -0.136. The summed E-state index contributed by atoms with van der Waals surface area (Å²) in [7, 11) is 0. The van der Waals surface area contributed by atoms with Crippen molar-refractivity contribution in [2.75, 3.05) is 17.6 Å². The van der Waals surface area contributed by atoms with Gasteiger partial charge in [-0.15, -0.1) is 0 Å². The molecule has 0 heterocycles. The number of aliphatic carboxylic acids is 1. The Labute approximate surface area is 140 Å². The van der Waals surface area contributed by atoms with Gasteiger partial charge in [0.1, 0.15) is 0 Å². The van der Waals surface area contributed by atoms with Gasteiger partial charge in [-0.25, -0.2) is 0 Å². The molecule has 1 aromatic rings. The molecule has 0 fully saturated rings. The minimum atomic E-state index is -0.802. The summed E-state index contributed by atoms with van der Waals surface area (Å²) in [6.45, 7) is 1.86. The van der Waals surface area contributed by atoms with Gasteiger partial charge < -0.3 is 15.7 Å². The second-order valence-corrected chi connectivity index (χ2v) is 6.08. The highest BCUT2D eigenvalue weighted by Gasteiger charge is 2.06. The highest BCUT2D eigenvalue weighted by molar-refractivity contribution is 7.98. The zero-order valence-corrected chi connectivity index (χ0v) is 13.9. The summed E-state index contributed by atoms with van der Waals surface area (Å²) in [6, 6.07) is 7.38. The Kier molecular flexibility index (Phi) is 8.82. The predicted octanol–water partition coefficient (Wildman–Crippen LogP) is 2.25. The number of carboxylic acid groups (broad SMARTS) is 1. The van der Waals surface area contributed by atoms with Crippen LogP contribution in [0.3, 0.4) is 0 Å². The Balaban J connectivity index is 2.39. The fourth-order valence-corrected chi connectivity index (χ4v) is 2.67. The number of carbonyl (C=O) groups excluding carboxylic acids is 2. The first-order valence-electron chi connectivity index (χ1n) is 7.46. The van der Waals surface area contributed by atoms with Gasteiger partial charge in [0, 0.05) is 23.6 Å². The number of amides is 2. The van der Waals surface area contributed by atoms with Crippen molar-refractivity contribution in [3.05, 3.63) is 29.8 Å². The highest BCUT2D eigenvalue weighted by Crippen LogP contribution is 2.17. The lowest BCUT2D eigenvalue weighted by Crippen LogP contribution is -2.32. The Morgan fingerprint density at radius 3 is 2.65 bits per heavy atom. The van der Waals surface area contributed by atoms with Crippen molar-refractivity contribution in [2.24, 2.45) is 0 Å². The first-order chi connectivity index (χ1) is 11.0. The number of carboxylic acids is 1. The third kappa shape index (κ3) is 8.87. The van der Waals surface area contributed by atoms with Gasteiger partial charge in [-0.3, -0.25) is 14.4 Å². The van der Waals surface area contributed by atoms with Gasteiger partial charge in [0.2, 0.25) is 11.8 Å². The minimum Gasteiger partial charge on any atom is -0.481 e. The molecule has 2 amide bonds. The maximum atomic E-state index is 11.8. The maximum Gasteiger partial charge on any atom is 0.304 e. The van der Waals surface area contributed by atoms with E-state index in [2.05, 4.69) is 10.6 Å². The molecule has 0 bridgehead atoms. The largest absolute Gasteiger partial charge is 0.481 e. The third-order valence-electron chi connectivity index (χ3n) is 2.86. The maximum absolute atomic E-state index is 11.8. The van der Waals surface area contributed by atoms with Gasteiger partial charge >= 0.3 is 5.97 Å². The van der Waals surface area contributed by atoms with Crippen molar-refractivity contribution in [3.8, 4) is 0 Å². The fraction of sp³-hybridized carbons (Fsp3) is 0.438. The van der Waals surface area contributed by atoms with E-state index in [1.54, 1.807) is 6.07 Å². The van der Waals surface area contributed by atoms with Crippen molar-refractivity contribution >= 4 is 35.2 Å². The van der Waals surface area contributed by atoms with Crippen LogP contribution in [0, 0.1) is 0 Å². The van der Waals surface area contributed by atoms with E-state index >= 15 is 0 Å². The van der Waals surface area contributed by atoms with E-state index in [9.17, 15) is 14.4 Å². The fourth-order valence-electron chi connectivity index (χ4n) is 1.79. The second-order valence-electron chi connectivity index (χ2n) is 4.97. The molecular weight excluding hydrogens is 316 g/mol. The summed E-state index contributed by atoms with van der Waals surface area (Å²) in [6.07, 6.45) is 1.30. The Bertz CT molecular complexity index is 549. The number of carbonyl (C=O) groups is 3. The van der Waals surface area contributed by atoms with E-state index in [0.717, 1.165) is 12.0 Å². The van der Waals surface area contributed by atoms with E-state index in [4.69, 9.17) is 5.11 Å². The topological polar surface area (TPSA) is 95.5 Å². The van der Waals surface area contributed by atoms with Crippen LogP contribution in [-0.2, 0) is 20.1 Å². The van der Waals surface area contributed by atoms with Gasteiger partial charge in [-0.1, -0.05) is 19.1 Å². The molecule has 0 spiro atoms. The monoisotopic (exact) mass is 338 g/mol. The minimum absolute atomic E-state index is 0.0452. The molecule has 1 aromatic carbocycles. The molecule has 0 aliphatic heterocycles. The quantitative estimate of drug-likeness (QED) is 0.569. The van der Waals surface area contributed by atoms with Crippen LogP contribution in [0.5, 0.6) is 0 Å². The molecule has 126 valence electrons. The normalized spacial score (nSPS) is 10.1. The van der Waals surface area contributed by atoms with Gasteiger partial charge in [-0.2, -0.15) is 11.8 Å². The summed E-state index contributed by atoms with van der Waals surface area (Å²) >= 11 is 1.53. The smallest absolute Gasteiger partial charge is 0.304 e. The van der Waals surface area contributed by atoms with Crippen LogP contribution >= 0.6 is 11.8 Å². The molecular formula is C16H22N2O4S. The van der Waals surface area contributed by atoms with Gasteiger partial charge in [-0.05, 0) is 24.1 Å². The van der Waals surface area contributed by atoms with Crippen LogP contribution in [0.25, 0.3) is 0 Å². The molecule has 0 saturated carbocycles. The number of nitrogens with one attached hydrogen (secondary N) is 2. The average Bonchev–Trinajstić information content (AvgIpc) is 2.50. The molecule has 0 aliphatic rings. The molecule has 23 heavy (non-hydrogen) atoms. The molecule has 0 aromatic heterocycles. The predicted molar refractivity (Wildman–Crippen MR) is 91.4 cm³/mol. The lowest BCUT2D eigenvalue weighted by atomic mass is 10.2. The third-order valence-corrected chi connectivity index (χ3v) is 3.89. The molecule has 7 heteroatoms. The van der Waals surface area contributed by atoms with Crippen LogP contribution in [-0.4, -0.2) is 35.2 Å². The van der Waals surface area contributed by atoms with Crippen LogP contribution < -0.4 is 10.6 Å². The van der Waals surface area contributed by atoms with E-state index in [1.807, 2.05) is 25.1 Å². The number of hydrogen-bond acceptors (Lipinski definition) is 4. The summed E-state index contributed by atoms with van der Waals surface area (Å²) in [5.74, 6) is 0.0274. The van der Waals surface area contributed by atoms with Crippen LogP contribution in [0.15, 0.2) is 24.3 Å². The summed E-state index contributed by atoms with van der Waals surface area (Å²) in [5.41, 5.74) is 1.67. The van der Waals surface area contributed by atoms with Crippen molar-refractivity contribution in [1.29, 1.82) is 0 Å². The molecule has 0 saturated heterocycles. The van der Waals surface area contributed by atoms with E-state index in [-0.39, 0.29) is 24.8 Å². The Morgan fingerprint density at radius 1 is 1.17 bits per heavy atom. The summed E-state index contributed by atoms with van der Waals surface area (Å²) in [5, 5.41) is 13.9. The first-order valence-corrected chi connectivity index (χ1v) is 8.61. The number of benzene rings is 1. The number of anilines is 1. The van der Waals surface area contributed by atoms with Crippen LogP contribution in [0.4, 0.5) is 5.69 Å². The molecule has 0 aliphatic carbocycles. The first kappa shape index (κ1) is 19.0. The molecule has 6 nitrogen and oxygen atoms in total. The van der Waals surface area contributed by atoms with Crippen molar-refractivity contribution in [2.45, 2.75) is 31.9 Å². The molecule has 0 radical (unpaired) electrons. The number of rotatable bonds is 10. The average molecular weight is 338 g/mol. The van der Waals surface area contributed by atoms with E-state index in [0.29, 0.717) is 23.6 Å². The standard InChI is InChI=1S/C16H22N2O4S/c1-2-4-14(19)17-10-15(20)18-13-6-3-5-12(9-13)11-23-8-7-16(21)22/h3,5-6,9H,2,4,7-8,10-11H2,1H3,(H,17,19)(H,18,20)(H,21,22). The summed E-state index contributed by atoms with van der Waals surface area (Å²) < 4.78 is 0.